The molecule has 8 heteroatoms. The number of thiophene rings is 2. The van der Waals surface area contributed by atoms with Crippen molar-refractivity contribution in [1.82, 2.24) is 19.8 Å². The van der Waals surface area contributed by atoms with E-state index in [1.165, 1.54) is 0 Å². The molecule has 26 heavy (non-hydrogen) atoms. The van der Waals surface area contributed by atoms with Gasteiger partial charge in [-0.05, 0) is 30.9 Å². The van der Waals surface area contributed by atoms with E-state index in [1.807, 2.05) is 35.6 Å². The number of H-pyrrole nitrogens is 1. The lowest BCUT2D eigenvalue weighted by atomic mass is 10.2. The van der Waals surface area contributed by atoms with Gasteiger partial charge in [0.05, 0.1) is 17.5 Å². The van der Waals surface area contributed by atoms with Gasteiger partial charge in [0.2, 0.25) is 0 Å². The summed E-state index contributed by atoms with van der Waals surface area (Å²) >= 11 is 3.11. The number of nitrogens with zero attached hydrogens (tertiary/aromatic N) is 3. The van der Waals surface area contributed by atoms with Gasteiger partial charge in [-0.15, -0.1) is 11.3 Å². The Morgan fingerprint density at radius 2 is 2.04 bits per heavy atom. The van der Waals surface area contributed by atoms with Crippen LogP contribution in [0.1, 0.15) is 26.6 Å². The molecule has 136 valence electrons. The zero-order valence-corrected chi connectivity index (χ0v) is 16.4. The van der Waals surface area contributed by atoms with Crippen LogP contribution in [0.4, 0.5) is 0 Å². The van der Waals surface area contributed by atoms with E-state index in [4.69, 9.17) is 0 Å². The van der Waals surface area contributed by atoms with Crippen molar-refractivity contribution in [3.63, 3.8) is 0 Å². The second-order valence-electron chi connectivity index (χ2n) is 6.56. The maximum atomic E-state index is 12.4. The van der Waals surface area contributed by atoms with Crippen molar-refractivity contribution in [3.05, 3.63) is 49.0 Å². The van der Waals surface area contributed by atoms with E-state index in [0.717, 1.165) is 33.9 Å². The van der Waals surface area contributed by atoms with Gasteiger partial charge in [-0.3, -0.25) is 14.5 Å². The average Bonchev–Trinajstić information content (AvgIpc) is 3.24. The van der Waals surface area contributed by atoms with Crippen LogP contribution in [0.5, 0.6) is 0 Å². The molecule has 1 N–H and O–H groups in total. The van der Waals surface area contributed by atoms with Crippen LogP contribution in [0.3, 0.4) is 0 Å². The van der Waals surface area contributed by atoms with Crippen molar-refractivity contribution in [2.45, 2.75) is 20.4 Å². The van der Waals surface area contributed by atoms with Gasteiger partial charge in [0.15, 0.2) is 0 Å². The molecule has 6 nitrogen and oxygen atoms in total. The van der Waals surface area contributed by atoms with Crippen LogP contribution in [0.25, 0.3) is 10.2 Å². The van der Waals surface area contributed by atoms with Crippen LogP contribution in [-0.2, 0) is 6.54 Å². The van der Waals surface area contributed by atoms with Gasteiger partial charge >= 0.3 is 0 Å². The summed E-state index contributed by atoms with van der Waals surface area (Å²) in [5.41, 5.74) is 1.73. The first-order chi connectivity index (χ1) is 12.5. The molecule has 0 unspecified atom stereocenters. The van der Waals surface area contributed by atoms with Gasteiger partial charge in [0.1, 0.15) is 10.7 Å². The number of aromatic nitrogens is 2. The van der Waals surface area contributed by atoms with E-state index in [-0.39, 0.29) is 11.5 Å². The number of carbonyl (C=O) groups is 1. The summed E-state index contributed by atoms with van der Waals surface area (Å²) in [6.45, 7) is 7.53. The van der Waals surface area contributed by atoms with E-state index >= 15 is 0 Å². The fourth-order valence-electron chi connectivity index (χ4n) is 3.26. The zero-order valence-electron chi connectivity index (χ0n) is 14.7. The summed E-state index contributed by atoms with van der Waals surface area (Å²) in [5.74, 6) is 0.796. The highest BCUT2D eigenvalue weighted by Crippen LogP contribution is 2.25. The van der Waals surface area contributed by atoms with Crippen molar-refractivity contribution in [2.75, 3.05) is 26.2 Å². The molecule has 3 aromatic rings. The Morgan fingerprint density at radius 3 is 2.73 bits per heavy atom. The number of aryl methyl sites for hydroxylation is 2. The molecule has 4 heterocycles. The molecule has 0 saturated carbocycles. The number of carbonyl (C=O) groups excluding carboxylic acids is 1. The quantitative estimate of drug-likeness (QED) is 0.749. The Labute approximate surface area is 159 Å². The summed E-state index contributed by atoms with van der Waals surface area (Å²) in [6, 6.07) is 1.87. The Hall–Kier alpha value is -2.03. The number of amides is 1. The van der Waals surface area contributed by atoms with E-state index in [1.54, 1.807) is 22.7 Å². The predicted molar refractivity (Wildman–Crippen MR) is 105 cm³/mol. The van der Waals surface area contributed by atoms with Gasteiger partial charge in [0.25, 0.3) is 11.5 Å². The Bertz CT molecular complexity index is 998. The Balaban J connectivity index is 1.44. The standard InChI is InChI=1S/C18H20N4O2S2/c1-11-12(2)26-17-15(11)16(23)19-14(20-17)9-21-4-6-22(7-5-21)18(24)13-3-8-25-10-13/h3,8,10H,4-7,9H2,1-2H3,(H,19,20,23). The Kier molecular flexibility index (Phi) is 4.64. The fourth-order valence-corrected chi connectivity index (χ4v) is 4.94. The van der Waals surface area contributed by atoms with Crippen LogP contribution in [0, 0.1) is 13.8 Å². The molecule has 1 aliphatic heterocycles. The van der Waals surface area contributed by atoms with Gasteiger partial charge < -0.3 is 9.88 Å². The summed E-state index contributed by atoms with van der Waals surface area (Å²) in [7, 11) is 0. The molecule has 0 aliphatic carbocycles. The molecule has 1 saturated heterocycles. The molecule has 0 aromatic carbocycles. The number of fused-ring (bicyclic) bond motifs is 1. The van der Waals surface area contributed by atoms with Gasteiger partial charge in [-0.1, -0.05) is 0 Å². The van der Waals surface area contributed by atoms with Crippen molar-refractivity contribution >= 4 is 38.8 Å². The molecular formula is C18H20N4O2S2. The van der Waals surface area contributed by atoms with Crippen LogP contribution in [0.2, 0.25) is 0 Å². The van der Waals surface area contributed by atoms with Crippen molar-refractivity contribution in [2.24, 2.45) is 0 Å². The maximum Gasteiger partial charge on any atom is 0.259 e. The third-order valence-electron chi connectivity index (χ3n) is 4.89. The Morgan fingerprint density at radius 1 is 1.27 bits per heavy atom. The van der Waals surface area contributed by atoms with Gasteiger partial charge in [-0.25, -0.2) is 4.98 Å². The topological polar surface area (TPSA) is 69.3 Å². The molecule has 0 spiro atoms. The van der Waals surface area contributed by atoms with Crippen LogP contribution < -0.4 is 5.56 Å². The molecule has 3 aromatic heterocycles. The summed E-state index contributed by atoms with van der Waals surface area (Å²) in [5, 5.41) is 4.53. The number of hydrogen-bond donors (Lipinski definition) is 1. The zero-order chi connectivity index (χ0) is 18.3. The molecule has 0 atom stereocenters. The molecule has 4 rings (SSSR count). The van der Waals surface area contributed by atoms with Crippen molar-refractivity contribution in [3.8, 4) is 0 Å². The maximum absolute atomic E-state index is 12.4. The largest absolute Gasteiger partial charge is 0.336 e. The molecule has 1 amide bonds. The predicted octanol–water partition coefficient (Wildman–Crippen LogP) is 2.62. The van der Waals surface area contributed by atoms with E-state index in [0.29, 0.717) is 30.8 Å². The first-order valence-electron chi connectivity index (χ1n) is 8.55. The minimum absolute atomic E-state index is 0.0573. The van der Waals surface area contributed by atoms with E-state index in [9.17, 15) is 9.59 Å². The number of piperazine rings is 1. The third kappa shape index (κ3) is 3.20. The van der Waals surface area contributed by atoms with Gasteiger partial charge in [0, 0.05) is 36.4 Å². The van der Waals surface area contributed by atoms with Crippen LogP contribution >= 0.6 is 22.7 Å². The highest BCUT2D eigenvalue weighted by atomic mass is 32.1. The molecular weight excluding hydrogens is 368 g/mol. The number of nitrogens with one attached hydrogen (secondary N) is 1. The third-order valence-corrected chi connectivity index (χ3v) is 6.67. The minimum Gasteiger partial charge on any atom is -0.336 e. The fraction of sp³-hybridized carbons (Fsp3) is 0.389. The molecule has 1 fully saturated rings. The van der Waals surface area contributed by atoms with Crippen LogP contribution in [-0.4, -0.2) is 51.9 Å². The first-order valence-corrected chi connectivity index (χ1v) is 10.3. The lowest BCUT2D eigenvalue weighted by Gasteiger charge is -2.34. The number of aromatic amines is 1. The van der Waals surface area contributed by atoms with Crippen LogP contribution in [0.15, 0.2) is 21.6 Å². The second-order valence-corrected chi connectivity index (χ2v) is 8.54. The molecule has 0 bridgehead atoms. The average molecular weight is 389 g/mol. The summed E-state index contributed by atoms with van der Waals surface area (Å²) in [4.78, 5) is 38.4. The number of hydrogen-bond acceptors (Lipinski definition) is 6. The highest BCUT2D eigenvalue weighted by molar-refractivity contribution is 7.18. The van der Waals surface area contributed by atoms with Crippen molar-refractivity contribution in [1.29, 1.82) is 0 Å². The highest BCUT2D eigenvalue weighted by Gasteiger charge is 2.23. The normalized spacial score (nSPS) is 15.7. The lowest BCUT2D eigenvalue weighted by Crippen LogP contribution is -2.48. The molecule has 1 aliphatic rings. The minimum atomic E-state index is -0.0573. The second kappa shape index (κ2) is 6.94. The molecule has 0 radical (unpaired) electrons. The monoisotopic (exact) mass is 388 g/mol. The summed E-state index contributed by atoms with van der Waals surface area (Å²) in [6.07, 6.45) is 0. The number of rotatable bonds is 3. The van der Waals surface area contributed by atoms with E-state index in [2.05, 4.69) is 14.9 Å². The first kappa shape index (κ1) is 17.4. The smallest absolute Gasteiger partial charge is 0.259 e. The SMILES string of the molecule is Cc1sc2nc(CN3CCN(C(=O)c4ccsc4)CC3)[nH]c(=O)c2c1C. The summed E-state index contributed by atoms with van der Waals surface area (Å²) < 4.78 is 0. The van der Waals surface area contributed by atoms with Gasteiger partial charge in [-0.2, -0.15) is 11.3 Å². The van der Waals surface area contributed by atoms with Crippen molar-refractivity contribution < 1.29 is 4.79 Å². The lowest BCUT2D eigenvalue weighted by molar-refractivity contribution is 0.0626. The van der Waals surface area contributed by atoms with E-state index < -0.39 is 0 Å².